The predicted octanol–water partition coefficient (Wildman–Crippen LogP) is 1.06. The average molecular weight is 585 g/mol. The number of piperazine rings is 1. The molecule has 0 saturated carbocycles. The summed E-state index contributed by atoms with van der Waals surface area (Å²) in [6, 6.07) is 7.38. The van der Waals surface area contributed by atoms with E-state index in [0.29, 0.717) is 67.4 Å². The summed E-state index contributed by atoms with van der Waals surface area (Å²) in [5, 5.41) is 22.9. The van der Waals surface area contributed by atoms with Gasteiger partial charge in [-0.05, 0) is 18.2 Å². The molecule has 13 nitrogen and oxygen atoms in total. The van der Waals surface area contributed by atoms with Crippen LogP contribution in [0.25, 0.3) is 28.1 Å². The molecule has 1 aromatic carbocycles. The summed E-state index contributed by atoms with van der Waals surface area (Å²) in [4.78, 5) is 21.7. The van der Waals surface area contributed by atoms with E-state index in [1.54, 1.807) is 34.9 Å². The maximum Gasteiger partial charge on any atom is 0.330 e. The largest absolute Gasteiger partial charge is 0.488 e. The number of hydrogen-bond acceptors (Lipinski definition) is 10. The first-order valence-electron chi connectivity index (χ1n) is 13.4. The molecule has 6 rings (SSSR count). The molecule has 1 fully saturated rings. The molecule has 0 unspecified atom stereocenters. The van der Waals surface area contributed by atoms with Gasteiger partial charge < -0.3 is 30.0 Å². The number of hydrogen-bond donors (Lipinski definition) is 3. The minimum absolute atomic E-state index is 0.138. The molecule has 4 aromatic heterocycles. The summed E-state index contributed by atoms with van der Waals surface area (Å²) >= 11 is 0. The van der Waals surface area contributed by atoms with Gasteiger partial charge in [-0.2, -0.15) is 14.6 Å². The first kappa shape index (κ1) is 27.7. The van der Waals surface area contributed by atoms with E-state index in [1.807, 2.05) is 6.07 Å². The van der Waals surface area contributed by atoms with Crippen LogP contribution in [-0.2, 0) is 13.6 Å². The SMILES string of the molecule is Cn1c(=O)n(CCN2CCN(c3cc(OC[C@H](O)CO)c(F)cc3F)CC2)c2nc(N)n3nc(-c4ccco4)cc3c21. The summed E-state index contributed by atoms with van der Waals surface area (Å²) in [5.74, 6) is -1.10. The highest BCUT2D eigenvalue weighted by Gasteiger charge is 2.24. The predicted molar refractivity (Wildman–Crippen MR) is 149 cm³/mol. The topological polar surface area (TPSA) is 152 Å². The van der Waals surface area contributed by atoms with Gasteiger partial charge in [0.1, 0.15) is 29.7 Å². The van der Waals surface area contributed by atoms with Gasteiger partial charge in [0.15, 0.2) is 23.0 Å². The van der Waals surface area contributed by atoms with Crippen LogP contribution in [0.2, 0.25) is 0 Å². The zero-order valence-electron chi connectivity index (χ0n) is 22.8. The lowest BCUT2D eigenvalue weighted by Gasteiger charge is -2.36. The maximum absolute atomic E-state index is 14.7. The zero-order chi connectivity index (χ0) is 29.5. The second-order valence-electron chi connectivity index (χ2n) is 10.1. The Kier molecular flexibility index (Phi) is 7.30. The van der Waals surface area contributed by atoms with Crippen molar-refractivity contribution in [1.82, 2.24) is 28.6 Å². The Morgan fingerprint density at radius 2 is 1.93 bits per heavy atom. The number of nitrogens with zero attached hydrogens (tertiary/aromatic N) is 7. The van der Waals surface area contributed by atoms with E-state index >= 15 is 0 Å². The van der Waals surface area contributed by atoms with E-state index in [4.69, 9.17) is 20.0 Å². The number of nitrogen functional groups attached to an aromatic ring is 1. The van der Waals surface area contributed by atoms with E-state index in [2.05, 4.69) is 15.0 Å². The molecule has 4 N–H and O–H groups in total. The summed E-state index contributed by atoms with van der Waals surface area (Å²) in [7, 11) is 1.68. The molecule has 1 aliphatic heterocycles. The van der Waals surface area contributed by atoms with Crippen molar-refractivity contribution in [2.75, 3.05) is 56.6 Å². The van der Waals surface area contributed by atoms with E-state index in [0.717, 1.165) is 6.07 Å². The normalized spacial score (nSPS) is 15.2. The van der Waals surface area contributed by atoms with Crippen LogP contribution in [0.3, 0.4) is 0 Å². The van der Waals surface area contributed by atoms with Crippen molar-refractivity contribution in [3.63, 3.8) is 0 Å². The van der Waals surface area contributed by atoms with Crippen LogP contribution in [0.4, 0.5) is 20.4 Å². The van der Waals surface area contributed by atoms with E-state index < -0.39 is 24.3 Å². The number of imidazole rings is 1. The molecular formula is C27H30F2N8O5. The van der Waals surface area contributed by atoms with Gasteiger partial charge in [-0.1, -0.05) is 0 Å². The smallest absolute Gasteiger partial charge is 0.330 e. The van der Waals surface area contributed by atoms with Crippen LogP contribution in [0.1, 0.15) is 0 Å². The van der Waals surface area contributed by atoms with Crippen molar-refractivity contribution in [1.29, 1.82) is 0 Å². The van der Waals surface area contributed by atoms with Crippen molar-refractivity contribution in [2.24, 2.45) is 7.05 Å². The third-order valence-corrected chi connectivity index (χ3v) is 7.48. The van der Waals surface area contributed by atoms with Gasteiger partial charge in [0.25, 0.3) is 0 Å². The lowest BCUT2D eigenvalue weighted by atomic mass is 10.2. The van der Waals surface area contributed by atoms with Crippen molar-refractivity contribution in [3.8, 4) is 17.2 Å². The summed E-state index contributed by atoms with van der Waals surface area (Å²) in [6.45, 7) is 2.11. The fourth-order valence-corrected chi connectivity index (χ4v) is 5.24. The maximum atomic E-state index is 14.7. The minimum Gasteiger partial charge on any atom is -0.488 e. The Morgan fingerprint density at radius 1 is 1.14 bits per heavy atom. The van der Waals surface area contributed by atoms with Crippen LogP contribution in [0.15, 0.2) is 45.8 Å². The number of halogens is 2. The average Bonchev–Trinajstić information content (AvgIpc) is 3.72. The molecule has 5 heterocycles. The molecule has 15 heteroatoms. The van der Waals surface area contributed by atoms with Crippen molar-refractivity contribution >= 4 is 28.3 Å². The second kappa shape index (κ2) is 11.1. The molecule has 222 valence electrons. The molecule has 0 bridgehead atoms. The van der Waals surface area contributed by atoms with E-state index in [1.165, 1.54) is 15.1 Å². The van der Waals surface area contributed by atoms with Gasteiger partial charge in [0, 0.05) is 58.4 Å². The molecule has 1 aliphatic rings. The number of benzene rings is 1. The number of furan rings is 1. The number of aliphatic hydroxyl groups is 2. The first-order valence-corrected chi connectivity index (χ1v) is 13.4. The van der Waals surface area contributed by atoms with Crippen LogP contribution in [0.5, 0.6) is 5.75 Å². The standard InChI is InChI=1S/C27H30F2N8O5/c1-33-24-21-12-19(22-3-2-10-41-22)32-37(21)26(30)31-25(24)36(27(33)40)9-6-34-4-7-35(8-5-34)20-13-23(18(29)11-17(20)28)42-15-16(39)14-38/h2-3,10-13,16,38-39H,4-9,14-15H2,1H3,(H2,30,31)/t16-/m1/s1. The highest BCUT2D eigenvalue weighted by Crippen LogP contribution is 2.30. The highest BCUT2D eigenvalue weighted by molar-refractivity contribution is 5.91. The molecule has 0 aliphatic carbocycles. The Balaban J connectivity index is 1.17. The molecule has 0 amide bonds. The number of ether oxygens (including phenoxy) is 1. The van der Waals surface area contributed by atoms with Gasteiger partial charge in [0.05, 0.1) is 24.1 Å². The molecule has 1 atom stereocenters. The van der Waals surface area contributed by atoms with Crippen molar-refractivity contribution in [3.05, 3.63) is 58.7 Å². The van der Waals surface area contributed by atoms with Crippen LogP contribution in [-0.4, -0.2) is 90.9 Å². The number of nitrogens with two attached hydrogens (primary N) is 1. The highest BCUT2D eigenvalue weighted by atomic mass is 19.1. The molecule has 0 spiro atoms. The fourth-order valence-electron chi connectivity index (χ4n) is 5.24. The number of rotatable bonds is 9. The monoisotopic (exact) mass is 584 g/mol. The number of fused-ring (bicyclic) bond motifs is 3. The van der Waals surface area contributed by atoms with Gasteiger partial charge >= 0.3 is 5.69 Å². The number of aryl methyl sites for hydroxylation is 1. The van der Waals surface area contributed by atoms with Crippen LogP contribution < -0.4 is 21.1 Å². The van der Waals surface area contributed by atoms with Gasteiger partial charge in [-0.15, -0.1) is 0 Å². The third kappa shape index (κ3) is 4.95. The number of aromatic nitrogens is 5. The summed E-state index contributed by atoms with van der Waals surface area (Å²) in [5.41, 5.74) is 8.43. The molecule has 1 saturated heterocycles. The molecule has 42 heavy (non-hydrogen) atoms. The lowest BCUT2D eigenvalue weighted by molar-refractivity contribution is 0.0523. The Labute approximate surface area is 237 Å². The first-order chi connectivity index (χ1) is 20.2. The van der Waals surface area contributed by atoms with E-state index in [9.17, 15) is 18.7 Å². The van der Waals surface area contributed by atoms with Gasteiger partial charge in [0.2, 0.25) is 5.95 Å². The summed E-state index contributed by atoms with van der Waals surface area (Å²) < 4.78 is 44.2. The van der Waals surface area contributed by atoms with Gasteiger partial charge in [-0.25, -0.2) is 13.6 Å². The van der Waals surface area contributed by atoms with Gasteiger partial charge in [-0.3, -0.25) is 14.0 Å². The number of aliphatic hydroxyl groups excluding tert-OH is 2. The fraction of sp³-hybridized carbons (Fsp3) is 0.370. The zero-order valence-corrected chi connectivity index (χ0v) is 22.8. The second-order valence-corrected chi connectivity index (χ2v) is 10.1. The minimum atomic E-state index is -1.17. The van der Waals surface area contributed by atoms with Crippen molar-refractivity contribution < 1.29 is 28.1 Å². The molecule has 5 aromatic rings. The molecule has 0 radical (unpaired) electrons. The third-order valence-electron chi connectivity index (χ3n) is 7.48. The van der Waals surface area contributed by atoms with Crippen molar-refractivity contribution in [2.45, 2.75) is 12.6 Å². The molecular weight excluding hydrogens is 554 g/mol. The van der Waals surface area contributed by atoms with Crippen LogP contribution in [0, 0.1) is 11.6 Å². The number of anilines is 2. The Bertz CT molecular complexity index is 1790. The Hall–Kier alpha value is -4.47. The Morgan fingerprint density at radius 3 is 2.64 bits per heavy atom. The van der Waals surface area contributed by atoms with Crippen LogP contribution >= 0.6 is 0 Å². The lowest BCUT2D eigenvalue weighted by Crippen LogP contribution is -2.47. The quantitative estimate of drug-likeness (QED) is 0.229. The summed E-state index contributed by atoms with van der Waals surface area (Å²) in [6.07, 6.45) is 0.380. The van der Waals surface area contributed by atoms with E-state index in [-0.39, 0.29) is 29.7 Å².